The van der Waals surface area contributed by atoms with E-state index >= 15 is 0 Å². The van der Waals surface area contributed by atoms with Gasteiger partial charge in [-0.3, -0.25) is 0 Å². The summed E-state index contributed by atoms with van der Waals surface area (Å²) in [7, 11) is 0. The second-order valence-corrected chi connectivity index (χ2v) is 8.03. The Labute approximate surface area is 129 Å². The Morgan fingerprint density at radius 1 is 1.33 bits per heavy atom. The maximum atomic E-state index is 10.8. The van der Waals surface area contributed by atoms with Crippen molar-refractivity contribution in [2.24, 2.45) is 29.1 Å². The first-order chi connectivity index (χ1) is 10.1. The zero-order chi connectivity index (χ0) is 15.0. The van der Waals surface area contributed by atoms with E-state index < -0.39 is 0 Å². The third kappa shape index (κ3) is 2.60. The molecule has 1 N–H and O–H groups in total. The summed E-state index contributed by atoms with van der Waals surface area (Å²) in [5.74, 6) is 2.80. The molecule has 0 aliphatic heterocycles. The lowest BCUT2D eigenvalue weighted by atomic mass is 9.47. The highest BCUT2D eigenvalue weighted by Crippen LogP contribution is 2.61. The molecule has 0 bridgehead atoms. The number of hydrogen-bond donors (Lipinski definition) is 1. The summed E-state index contributed by atoms with van der Waals surface area (Å²) in [5.41, 5.74) is 1.82. The number of allylic oxidation sites excluding steroid dienone is 1. The number of aliphatic hydroxyl groups is 1. The second kappa shape index (κ2) is 5.87. The van der Waals surface area contributed by atoms with Crippen molar-refractivity contribution in [3.63, 3.8) is 0 Å². The van der Waals surface area contributed by atoms with E-state index in [4.69, 9.17) is 0 Å². The van der Waals surface area contributed by atoms with E-state index in [1.165, 1.54) is 31.3 Å². The topological polar surface area (TPSA) is 37.3 Å². The fourth-order valence-corrected chi connectivity index (χ4v) is 5.94. The smallest absolute Gasteiger partial charge is 0.120 e. The predicted molar refractivity (Wildman–Crippen MR) is 84.8 cm³/mol. The molecule has 3 saturated carbocycles. The van der Waals surface area contributed by atoms with Crippen LogP contribution in [0.3, 0.4) is 0 Å². The first-order valence-electron chi connectivity index (χ1n) is 8.85. The molecule has 3 rings (SSSR count). The normalized spacial score (nSPS) is 46.6. The van der Waals surface area contributed by atoms with Gasteiger partial charge in [0.05, 0.1) is 6.10 Å². The van der Waals surface area contributed by atoms with Gasteiger partial charge in [-0.1, -0.05) is 19.1 Å². The van der Waals surface area contributed by atoms with Crippen LogP contribution < -0.4 is 0 Å². The van der Waals surface area contributed by atoms with Crippen LogP contribution in [0.5, 0.6) is 0 Å². The molecule has 0 saturated heterocycles. The van der Waals surface area contributed by atoms with Gasteiger partial charge < -0.3 is 9.90 Å². The van der Waals surface area contributed by atoms with Gasteiger partial charge in [-0.2, -0.15) is 0 Å². The molecule has 0 spiro atoms. The third-order valence-corrected chi connectivity index (χ3v) is 7.13. The number of rotatable bonds is 3. The lowest BCUT2D eigenvalue weighted by Crippen LogP contribution is -2.51. The molecule has 3 aliphatic carbocycles. The first kappa shape index (κ1) is 15.3. The molecule has 6 atom stereocenters. The molecule has 3 fully saturated rings. The zero-order valence-electron chi connectivity index (χ0n) is 13.4. The second-order valence-electron chi connectivity index (χ2n) is 8.03. The molecule has 0 aromatic rings. The first-order valence-corrected chi connectivity index (χ1v) is 8.85. The maximum Gasteiger partial charge on any atom is 0.120 e. The number of carbonyl (C=O) groups excluding carboxylic acids is 1. The Kier molecular flexibility index (Phi) is 4.27. The molecular formula is C19H30O2. The molecule has 118 valence electrons. The largest absolute Gasteiger partial charge is 0.393 e. The Morgan fingerprint density at radius 2 is 2.14 bits per heavy atom. The minimum atomic E-state index is -0.0657. The summed E-state index contributed by atoms with van der Waals surface area (Å²) in [6.45, 7) is 6.81. The summed E-state index contributed by atoms with van der Waals surface area (Å²) in [6, 6.07) is 0. The monoisotopic (exact) mass is 290 g/mol. The Balaban J connectivity index is 1.81. The highest BCUT2D eigenvalue weighted by Gasteiger charge is 2.53. The Bertz CT molecular complexity index is 416. The summed E-state index contributed by atoms with van der Waals surface area (Å²) >= 11 is 0. The minimum Gasteiger partial charge on any atom is -0.393 e. The van der Waals surface area contributed by atoms with Crippen molar-refractivity contribution in [3.8, 4) is 0 Å². The number of aliphatic hydroxyl groups excluding tert-OH is 1. The number of hydrogen-bond acceptors (Lipinski definition) is 2. The van der Waals surface area contributed by atoms with Gasteiger partial charge in [0, 0.05) is 6.42 Å². The quantitative estimate of drug-likeness (QED) is 0.627. The Hall–Kier alpha value is -0.630. The van der Waals surface area contributed by atoms with Gasteiger partial charge in [0.1, 0.15) is 6.29 Å². The number of carbonyl (C=O) groups is 1. The zero-order valence-corrected chi connectivity index (χ0v) is 13.4. The highest BCUT2D eigenvalue weighted by atomic mass is 16.3. The van der Waals surface area contributed by atoms with E-state index in [0.29, 0.717) is 23.7 Å². The minimum absolute atomic E-state index is 0.0657. The molecular weight excluding hydrogens is 260 g/mol. The molecule has 0 heterocycles. The van der Waals surface area contributed by atoms with Crippen molar-refractivity contribution < 1.29 is 9.90 Å². The molecule has 3 aliphatic rings. The van der Waals surface area contributed by atoms with Gasteiger partial charge >= 0.3 is 0 Å². The summed E-state index contributed by atoms with van der Waals surface area (Å²) in [5, 5.41) is 10.0. The Morgan fingerprint density at radius 3 is 2.90 bits per heavy atom. The van der Waals surface area contributed by atoms with Crippen molar-refractivity contribution in [1.82, 2.24) is 0 Å². The van der Waals surface area contributed by atoms with Crippen molar-refractivity contribution in [2.75, 3.05) is 0 Å². The average Bonchev–Trinajstić information content (AvgIpc) is 2.47. The SMILES string of the molecule is C=C1CCC2C(CCC3CC(O)CCC32C)C1CCC=O. The van der Waals surface area contributed by atoms with Gasteiger partial charge in [-0.05, 0) is 80.5 Å². The summed E-state index contributed by atoms with van der Waals surface area (Å²) < 4.78 is 0. The van der Waals surface area contributed by atoms with Gasteiger partial charge in [-0.25, -0.2) is 0 Å². The van der Waals surface area contributed by atoms with Gasteiger partial charge in [0.15, 0.2) is 0 Å². The van der Waals surface area contributed by atoms with Crippen molar-refractivity contribution in [1.29, 1.82) is 0 Å². The molecule has 21 heavy (non-hydrogen) atoms. The van der Waals surface area contributed by atoms with Crippen LogP contribution in [-0.2, 0) is 4.79 Å². The van der Waals surface area contributed by atoms with Crippen LogP contribution in [0.2, 0.25) is 0 Å². The molecule has 2 heteroatoms. The predicted octanol–water partition coefficient (Wildman–Crippen LogP) is 4.13. The van der Waals surface area contributed by atoms with Crippen LogP contribution in [0.15, 0.2) is 12.2 Å². The number of aldehydes is 1. The van der Waals surface area contributed by atoms with Crippen LogP contribution in [0, 0.1) is 29.1 Å². The summed E-state index contributed by atoms with van der Waals surface area (Å²) in [6.07, 6.45) is 10.9. The van der Waals surface area contributed by atoms with Gasteiger partial charge in [0.2, 0.25) is 0 Å². The van der Waals surface area contributed by atoms with Crippen LogP contribution in [0.1, 0.15) is 64.7 Å². The maximum absolute atomic E-state index is 10.8. The van der Waals surface area contributed by atoms with Crippen LogP contribution in [0.25, 0.3) is 0 Å². The standard InChI is InChI=1S/C19H30O2/c1-13-5-8-18-17(16(13)4-3-11-20)7-6-14-12-15(21)9-10-19(14,18)2/h11,14-18,21H,1,3-10,12H2,2H3. The summed E-state index contributed by atoms with van der Waals surface area (Å²) in [4.78, 5) is 10.8. The van der Waals surface area contributed by atoms with Crippen LogP contribution >= 0.6 is 0 Å². The van der Waals surface area contributed by atoms with E-state index in [9.17, 15) is 9.90 Å². The molecule has 0 amide bonds. The average molecular weight is 290 g/mol. The van der Waals surface area contributed by atoms with Crippen LogP contribution in [-0.4, -0.2) is 17.5 Å². The lowest BCUT2D eigenvalue weighted by molar-refractivity contribution is -0.109. The van der Waals surface area contributed by atoms with Gasteiger partial charge in [0.25, 0.3) is 0 Å². The molecule has 0 aromatic heterocycles. The fraction of sp³-hybridized carbons (Fsp3) is 0.842. The van der Waals surface area contributed by atoms with E-state index in [1.807, 2.05) is 0 Å². The molecule has 6 unspecified atom stereocenters. The fourth-order valence-electron chi connectivity index (χ4n) is 5.94. The van der Waals surface area contributed by atoms with Gasteiger partial charge in [-0.15, -0.1) is 0 Å². The molecule has 0 aromatic carbocycles. The van der Waals surface area contributed by atoms with Crippen molar-refractivity contribution >= 4 is 6.29 Å². The lowest BCUT2D eigenvalue weighted by Gasteiger charge is -2.58. The van der Waals surface area contributed by atoms with Crippen molar-refractivity contribution in [2.45, 2.75) is 70.8 Å². The molecule has 2 nitrogen and oxygen atoms in total. The van der Waals surface area contributed by atoms with E-state index in [-0.39, 0.29) is 6.10 Å². The van der Waals surface area contributed by atoms with Crippen molar-refractivity contribution in [3.05, 3.63) is 12.2 Å². The molecule has 0 radical (unpaired) electrons. The van der Waals surface area contributed by atoms with E-state index in [1.54, 1.807) is 0 Å². The highest BCUT2D eigenvalue weighted by molar-refractivity contribution is 5.49. The third-order valence-electron chi connectivity index (χ3n) is 7.13. The van der Waals surface area contributed by atoms with E-state index in [2.05, 4.69) is 13.5 Å². The van der Waals surface area contributed by atoms with Crippen LogP contribution in [0.4, 0.5) is 0 Å². The van der Waals surface area contributed by atoms with E-state index in [0.717, 1.165) is 43.8 Å². The number of fused-ring (bicyclic) bond motifs is 3.